The molecule has 0 amide bonds. The second kappa shape index (κ2) is 7.57. The van der Waals surface area contributed by atoms with Crippen molar-refractivity contribution in [3.8, 4) is 0 Å². The number of nitrogens with zero attached hydrogens (tertiary/aromatic N) is 1. The molecule has 0 heterocycles. The van der Waals surface area contributed by atoms with Crippen molar-refractivity contribution in [2.24, 2.45) is 11.7 Å². The zero-order valence-electron chi connectivity index (χ0n) is 11.1. The molecule has 0 aromatic rings. The maximum atomic E-state index is 5.95. The molecule has 1 atom stereocenters. The van der Waals surface area contributed by atoms with Gasteiger partial charge in [0.15, 0.2) is 0 Å². The summed E-state index contributed by atoms with van der Waals surface area (Å²) in [4.78, 5) is 2.68. The summed E-state index contributed by atoms with van der Waals surface area (Å²) in [5.41, 5.74) is 5.95. The maximum Gasteiger partial charge on any atom is 0.0229 e. The Morgan fingerprint density at radius 3 is 2.50 bits per heavy atom. The van der Waals surface area contributed by atoms with E-state index in [0.29, 0.717) is 6.04 Å². The first-order valence-electron chi connectivity index (χ1n) is 6.72. The average Bonchev–Trinajstić information content (AvgIpc) is 3.05. The Labute approximate surface area is 105 Å². The fourth-order valence-corrected chi connectivity index (χ4v) is 2.93. The molecule has 0 aromatic heterocycles. The molecule has 0 radical (unpaired) electrons. The summed E-state index contributed by atoms with van der Waals surface area (Å²) in [6.07, 6.45) is 4.05. The summed E-state index contributed by atoms with van der Waals surface area (Å²) in [5.74, 6) is 3.25. The van der Waals surface area contributed by atoms with Gasteiger partial charge >= 0.3 is 0 Å². The van der Waals surface area contributed by atoms with Crippen molar-refractivity contribution >= 4 is 11.8 Å². The summed E-state index contributed by atoms with van der Waals surface area (Å²) in [6, 6.07) is 1.47. The van der Waals surface area contributed by atoms with E-state index in [1.165, 1.54) is 37.3 Å². The van der Waals surface area contributed by atoms with E-state index in [1.807, 2.05) is 11.8 Å². The Morgan fingerprint density at radius 1 is 1.38 bits per heavy atom. The van der Waals surface area contributed by atoms with Crippen molar-refractivity contribution in [2.75, 3.05) is 24.6 Å². The maximum absolute atomic E-state index is 5.95. The second-order valence-corrected chi connectivity index (χ2v) is 6.59. The predicted octanol–water partition coefficient (Wildman–Crippen LogP) is 2.58. The molecule has 2 N–H and O–H groups in total. The third kappa shape index (κ3) is 5.07. The van der Waals surface area contributed by atoms with Crippen LogP contribution in [0.1, 0.15) is 40.0 Å². The van der Waals surface area contributed by atoms with Crippen LogP contribution < -0.4 is 5.73 Å². The number of rotatable bonds is 9. The monoisotopic (exact) mass is 244 g/mol. The lowest BCUT2D eigenvalue weighted by Crippen LogP contribution is -2.44. The van der Waals surface area contributed by atoms with Gasteiger partial charge in [0.05, 0.1) is 0 Å². The Morgan fingerprint density at radius 2 is 2.06 bits per heavy atom. The van der Waals surface area contributed by atoms with Crippen LogP contribution in [0.15, 0.2) is 0 Å². The van der Waals surface area contributed by atoms with Crippen LogP contribution in [-0.4, -0.2) is 41.6 Å². The summed E-state index contributed by atoms with van der Waals surface area (Å²) in [6.45, 7) is 8.90. The molecular formula is C13H28N2S. The zero-order chi connectivity index (χ0) is 12.0. The fraction of sp³-hybridized carbons (Fsp3) is 1.00. The molecule has 0 bridgehead atoms. The average molecular weight is 244 g/mol. The quantitative estimate of drug-likeness (QED) is 0.632. The van der Waals surface area contributed by atoms with E-state index < -0.39 is 0 Å². The van der Waals surface area contributed by atoms with Gasteiger partial charge in [0.1, 0.15) is 0 Å². The molecule has 1 saturated carbocycles. The highest BCUT2D eigenvalue weighted by Gasteiger charge is 2.33. The molecule has 16 heavy (non-hydrogen) atoms. The largest absolute Gasteiger partial charge is 0.329 e. The molecule has 1 aliphatic rings. The first-order valence-corrected chi connectivity index (χ1v) is 7.88. The van der Waals surface area contributed by atoms with E-state index in [4.69, 9.17) is 5.73 Å². The standard InChI is InChI=1S/C13H28N2S/c1-4-16-8-7-13(9-14)15(10-11(2)3)12-5-6-12/h11-13H,4-10,14H2,1-3H3. The molecule has 3 heteroatoms. The molecule has 1 aliphatic carbocycles. The van der Waals surface area contributed by atoms with Crippen LogP contribution in [-0.2, 0) is 0 Å². The van der Waals surface area contributed by atoms with Gasteiger partial charge in [-0.05, 0) is 36.7 Å². The molecule has 0 saturated heterocycles. The Bertz CT molecular complexity index is 181. The lowest BCUT2D eigenvalue weighted by atomic mass is 10.1. The smallest absolute Gasteiger partial charge is 0.0229 e. The molecule has 96 valence electrons. The van der Waals surface area contributed by atoms with Gasteiger partial charge in [-0.25, -0.2) is 0 Å². The molecule has 2 nitrogen and oxygen atoms in total. The van der Waals surface area contributed by atoms with Crippen molar-refractivity contribution in [3.63, 3.8) is 0 Å². The van der Waals surface area contributed by atoms with E-state index in [0.717, 1.165) is 18.5 Å². The van der Waals surface area contributed by atoms with Gasteiger partial charge < -0.3 is 5.73 Å². The highest BCUT2D eigenvalue weighted by Crippen LogP contribution is 2.30. The SMILES string of the molecule is CCSCCC(CN)N(CC(C)C)C1CC1. The molecule has 0 aromatic carbocycles. The summed E-state index contributed by atoms with van der Waals surface area (Å²) in [5, 5.41) is 0. The Kier molecular flexibility index (Phi) is 6.78. The van der Waals surface area contributed by atoms with Crippen molar-refractivity contribution in [1.82, 2.24) is 4.90 Å². The minimum Gasteiger partial charge on any atom is -0.329 e. The molecule has 0 spiro atoms. The van der Waals surface area contributed by atoms with Gasteiger partial charge in [-0.2, -0.15) is 11.8 Å². The third-order valence-electron chi connectivity index (χ3n) is 3.13. The number of thioether (sulfide) groups is 1. The lowest BCUT2D eigenvalue weighted by Gasteiger charge is -2.32. The fourth-order valence-electron chi connectivity index (χ4n) is 2.21. The summed E-state index contributed by atoms with van der Waals surface area (Å²) < 4.78 is 0. The first-order chi connectivity index (χ1) is 7.69. The Hall–Kier alpha value is 0.270. The molecule has 1 unspecified atom stereocenters. The second-order valence-electron chi connectivity index (χ2n) is 5.20. The van der Waals surface area contributed by atoms with Gasteiger partial charge in [-0.1, -0.05) is 20.8 Å². The van der Waals surface area contributed by atoms with E-state index >= 15 is 0 Å². The van der Waals surface area contributed by atoms with Crippen molar-refractivity contribution in [2.45, 2.75) is 52.1 Å². The van der Waals surface area contributed by atoms with E-state index in [2.05, 4.69) is 25.7 Å². The highest BCUT2D eigenvalue weighted by molar-refractivity contribution is 7.99. The number of nitrogens with two attached hydrogens (primary N) is 1. The zero-order valence-corrected chi connectivity index (χ0v) is 11.9. The normalized spacial score (nSPS) is 18.4. The first kappa shape index (κ1) is 14.3. The van der Waals surface area contributed by atoms with Crippen molar-refractivity contribution < 1.29 is 0 Å². The summed E-state index contributed by atoms with van der Waals surface area (Å²) in [7, 11) is 0. The van der Waals surface area contributed by atoms with Crippen LogP contribution in [0.2, 0.25) is 0 Å². The lowest BCUT2D eigenvalue weighted by molar-refractivity contribution is 0.165. The van der Waals surface area contributed by atoms with Crippen LogP contribution in [0.5, 0.6) is 0 Å². The third-order valence-corrected chi connectivity index (χ3v) is 4.07. The van der Waals surface area contributed by atoms with E-state index in [9.17, 15) is 0 Å². The van der Waals surface area contributed by atoms with Crippen LogP contribution in [0.25, 0.3) is 0 Å². The van der Waals surface area contributed by atoms with Gasteiger partial charge in [0.2, 0.25) is 0 Å². The van der Waals surface area contributed by atoms with Gasteiger partial charge in [-0.15, -0.1) is 0 Å². The van der Waals surface area contributed by atoms with Crippen molar-refractivity contribution in [1.29, 1.82) is 0 Å². The van der Waals surface area contributed by atoms with E-state index in [1.54, 1.807) is 0 Å². The van der Waals surface area contributed by atoms with Gasteiger partial charge in [0.25, 0.3) is 0 Å². The summed E-state index contributed by atoms with van der Waals surface area (Å²) >= 11 is 2.04. The molecule has 1 fully saturated rings. The topological polar surface area (TPSA) is 29.3 Å². The van der Waals surface area contributed by atoms with Crippen molar-refractivity contribution in [3.05, 3.63) is 0 Å². The molecule has 1 rings (SSSR count). The molecular weight excluding hydrogens is 216 g/mol. The molecule has 0 aliphatic heterocycles. The van der Waals surface area contributed by atoms with Crippen LogP contribution in [0.4, 0.5) is 0 Å². The van der Waals surface area contributed by atoms with Gasteiger partial charge in [0, 0.05) is 25.2 Å². The van der Waals surface area contributed by atoms with E-state index in [-0.39, 0.29) is 0 Å². The van der Waals surface area contributed by atoms with Crippen LogP contribution in [0, 0.1) is 5.92 Å². The van der Waals surface area contributed by atoms with Crippen LogP contribution in [0.3, 0.4) is 0 Å². The number of hydrogen-bond acceptors (Lipinski definition) is 3. The minimum absolute atomic E-state index is 0.619. The van der Waals surface area contributed by atoms with Crippen LogP contribution >= 0.6 is 11.8 Å². The highest BCUT2D eigenvalue weighted by atomic mass is 32.2. The Balaban J connectivity index is 2.38. The number of hydrogen-bond donors (Lipinski definition) is 1. The van der Waals surface area contributed by atoms with Gasteiger partial charge in [-0.3, -0.25) is 4.90 Å². The predicted molar refractivity (Wildman–Crippen MR) is 75.0 cm³/mol. The minimum atomic E-state index is 0.619.